The van der Waals surface area contributed by atoms with Crippen molar-refractivity contribution in [1.29, 1.82) is 0 Å². The molecule has 1 rings (SSSR count). The number of rotatable bonds is 0. The SMILES string of the molecule is CC1=[C]CNO1. The van der Waals surface area contributed by atoms with E-state index in [1.54, 1.807) is 0 Å². The van der Waals surface area contributed by atoms with Gasteiger partial charge in [0.2, 0.25) is 0 Å². The van der Waals surface area contributed by atoms with Gasteiger partial charge in [0.25, 0.3) is 0 Å². The Morgan fingerprint density at radius 1 is 2.00 bits per heavy atom. The predicted octanol–water partition coefficient (Wildman–Crippen LogP) is 0.228. The molecule has 1 radical (unpaired) electrons. The maximum Gasteiger partial charge on any atom is 0.126 e. The van der Waals surface area contributed by atoms with Crippen molar-refractivity contribution in [3.8, 4) is 0 Å². The van der Waals surface area contributed by atoms with E-state index in [1.807, 2.05) is 6.92 Å². The lowest BCUT2D eigenvalue weighted by Crippen LogP contribution is -2.03. The summed E-state index contributed by atoms with van der Waals surface area (Å²) >= 11 is 0. The van der Waals surface area contributed by atoms with E-state index in [0.717, 1.165) is 12.3 Å². The average Bonchev–Trinajstić information content (AvgIpc) is 1.86. The number of hydroxylamine groups is 1. The molecule has 0 aromatic rings. The van der Waals surface area contributed by atoms with E-state index in [-0.39, 0.29) is 0 Å². The summed E-state index contributed by atoms with van der Waals surface area (Å²) in [5, 5.41) is 0. The molecular formula is C4H6NO. The lowest BCUT2D eigenvalue weighted by molar-refractivity contribution is 0.141. The molecule has 0 saturated carbocycles. The summed E-state index contributed by atoms with van der Waals surface area (Å²) in [4.78, 5) is 4.71. The Hall–Kier alpha value is -0.500. The Labute approximate surface area is 36.8 Å². The molecule has 0 unspecified atom stereocenters. The zero-order valence-corrected chi connectivity index (χ0v) is 3.62. The van der Waals surface area contributed by atoms with Crippen LogP contribution in [0, 0.1) is 6.08 Å². The molecule has 1 aliphatic rings. The third-order valence-corrected chi connectivity index (χ3v) is 0.635. The zero-order valence-electron chi connectivity index (χ0n) is 3.62. The van der Waals surface area contributed by atoms with Gasteiger partial charge in [-0.25, -0.2) is 0 Å². The lowest BCUT2D eigenvalue weighted by atomic mass is 10.5. The Morgan fingerprint density at radius 3 is 3.00 bits per heavy atom. The minimum Gasteiger partial charge on any atom is -0.413 e. The first-order valence-corrected chi connectivity index (χ1v) is 1.87. The Balaban J connectivity index is 2.45. The normalized spacial score (nSPS) is 19.8. The highest BCUT2D eigenvalue weighted by Crippen LogP contribution is 1.94. The van der Waals surface area contributed by atoms with Crippen molar-refractivity contribution in [1.82, 2.24) is 5.48 Å². The largest absolute Gasteiger partial charge is 0.413 e. The van der Waals surface area contributed by atoms with Gasteiger partial charge in [0.05, 0.1) is 6.54 Å². The van der Waals surface area contributed by atoms with Crippen molar-refractivity contribution in [3.05, 3.63) is 11.8 Å². The van der Waals surface area contributed by atoms with E-state index < -0.39 is 0 Å². The molecular weight excluding hydrogens is 78.0 g/mol. The molecule has 0 aromatic heterocycles. The third-order valence-electron chi connectivity index (χ3n) is 0.635. The molecule has 0 aromatic carbocycles. The molecule has 1 heterocycles. The predicted molar refractivity (Wildman–Crippen MR) is 21.5 cm³/mol. The van der Waals surface area contributed by atoms with E-state index in [0.29, 0.717) is 0 Å². The summed E-state index contributed by atoms with van der Waals surface area (Å²) in [6, 6.07) is 0. The average molecular weight is 84.1 g/mol. The van der Waals surface area contributed by atoms with Gasteiger partial charge in [-0.15, -0.1) is 0 Å². The summed E-state index contributed by atoms with van der Waals surface area (Å²) < 4.78 is 0. The van der Waals surface area contributed by atoms with Gasteiger partial charge in [-0.2, -0.15) is 5.48 Å². The lowest BCUT2D eigenvalue weighted by Gasteiger charge is -1.90. The van der Waals surface area contributed by atoms with E-state index in [9.17, 15) is 0 Å². The van der Waals surface area contributed by atoms with Gasteiger partial charge in [-0.1, -0.05) is 0 Å². The van der Waals surface area contributed by atoms with Gasteiger partial charge in [-0.3, -0.25) is 0 Å². The van der Waals surface area contributed by atoms with Crippen LogP contribution in [0.15, 0.2) is 5.76 Å². The van der Waals surface area contributed by atoms with Crippen LogP contribution in [0.3, 0.4) is 0 Å². The van der Waals surface area contributed by atoms with Crippen LogP contribution in [0.2, 0.25) is 0 Å². The minimum atomic E-state index is 0.728. The Bertz CT molecular complexity index is 77.6. The summed E-state index contributed by atoms with van der Waals surface area (Å²) in [7, 11) is 0. The molecule has 1 aliphatic heterocycles. The second-order valence-electron chi connectivity index (χ2n) is 1.16. The molecule has 0 bridgehead atoms. The fraction of sp³-hybridized carbons (Fsp3) is 0.500. The van der Waals surface area contributed by atoms with Crippen molar-refractivity contribution in [2.24, 2.45) is 0 Å². The maximum absolute atomic E-state index is 4.71. The number of nitrogens with one attached hydrogen (secondary N) is 1. The molecule has 2 nitrogen and oxygen atoms in total. The fourth-order valence-corrected chi connectivity index (χ4v) is 0.341. The van der Waals surface area contributed by atoms with Gasteiger partial charge >= 0.3 is 0 Å². The first-order valence-electron chi connectivity index (χ1n) is 1.87. The van der Waals surface area contributed by atoms with E-state index in [4.69, 9.17) is 4.84 Å². The van der Waals surface area contributed by atoms with Gasteiger partial charge in [0, 0.05) is 6.08 Å². The molecule has 0 amide bonds. The number of hydrogen-bond donors (Lipinski definition) is 1. The molecule has 33 valence electrons. The summed E-state index contributed by atoms with van der Waals surface area (Å²) in [5.74, 6) is 0.843. The van der Waals surface area contributed by atoms with E-state index in [1.165, 1.54) is 0 Å². The number of hydrogen-bond acceptors (Lipinski definition) is 2. The first-order chi connectivity index (χ1) is 2.89. The monoisotopic (exact) mass is 84.0 g/mol. The highest BCUT2D eigenvalue weighted by Gasteiger charge is 1.94. The van der Waals surface area contributed by atoms with Gasteiger partial charge < -0.3 is 4.84 Å². The zero-order chi connectivity index (χ0) is 4.41. The van der Waals surface area contributed by atoms with Crippen molar-refractivity contribution < 1.29 is 4.84 Å². The Morgan fingerprint density at radius 2 is 2.83 bits per heavy atom. The highest BCUT2D eigenvalue weighted by atomic mass is 16.7. The van der Waals surface area contributed by atoms with Crippen LogP contribution in [0.4, 0.5) is 0 Å². The van der Waals surface area contributed by atoms with Crippen molar-refractivity contribution in [3.63, 3.8) is 0 Å². The third kappa shape index (κ3) is 0.518. The van der Waals surface area contributed by atoms with E-state index in [2.05, 4.69) is 11.6 Å². The molecule has 0 spiro atoms. The first kappa shape index (κ1) is 3.68. The Kier molecular flexibility index (Phi) is 0.801. The highest BCUT2D eigenvalue weighted by molar-refractivity contribution is 4.84. The standard InChI is InChI=1S/C4H6NO/c1-4-2-3-5-6-4/h5H,3H2,1H3. The van der Waals surface area contributed by atoms with Crippen LogP contribution in [0.5, 0.6) is 0 Å². The minimum absolute atomic E-state index is 0.728. The van der Waals surface area contributed by atoms with Crippen LogP contribution in [0.25, 0.3) is 0 Å². The summed E-state index contributed by atoms with van der Waals surface area (Å²) in [6.07, 6.45) is 2.90. The topological polar surface area (TPSA) is 21.3 Å². The molecule has 0 fully saturated rings. The molecule has 0 aliphatic carbocycles. The van der Waals surface area contributed by atoms with Crippen molar-refractivity contribution in [2.45, 2.75) is 6.92 Å². The van der Waals surface area contributed by atoms with Gasteiger partial charge in [0.1, 0.15) is 5.76 Å². The fourth-order valence-electron chi connectivity index (χ4n) is 0.341. The van der Waals surface area contributed by atoms with Gasteiger partial charge in [0.15, 0.2) is 0 Å². The van der Waals surface area contributed by atoms with Gasteiger partial charge in [-0.05, 0) is 6.92 Å². The van der Waals surface area contributed by atoms with Crippen molar-refractivity contribution in [2.75, 3.05) is 6.54 Å². The van der Waals surface area contributed by atoms with Crippen LogP contribution in [-0.4, -0.2) is 6.54 Å². The van der Waals surface area contributed by atoms with Crippen LogP contribution in [0.1, 0.15) is 6.92 Å². The molecule has 1 N–H and O–H groups in total. The second-order valence-corrected chi connectivity index (χ2v) is 1.16. The summed E-state index contributed by atoms with van der Waals surface area (Å²) in [6.45, 7) is 2.59. The van der Waals surface area contributed by atoms with E-state index >= 15 is 0 Å². The number of allylic oxidation sites excluding steroid dienone is 1. The molecule has 2 heteroatoms. The molecule has 6 heavy (non-hydrogen) atoms. The quantitative estimate of drug-likeness (QED) is 0.453. The second kappa shape index (κ2) is 1.30. The summed E-state index contributed by atoms with van der Waals surface area (Å²) in [5.41, 5.74) is 2.62. The molecule has 0 atom stereocenters. The smallest absolute Gasteiger partial charge is 0.126 e. The van der Waals surface area contributed by atoms with Crippen LogP contribution >= 0.6 is 0 Å². The molecule has 0 saturated heterocycles. The van der Waals surface area contributed by atoms with Crippen LogP contribution < -0.4 is 5.48 Å². The van der Waals surface area contributed by atoms with Crippen molar-refractivity contribution >= 4 is 0 Å². The maximum atomic E-state index is 4.71. The van der Waals surface area contributed by atoms with Crippen LogP contribution in [-0.2, 0) is 4.84 Å².